The Bertz CT molecular complexity index is 1110. The van der Waals surface area contributed by atoms with Gasteiger partial charge in [-0.05, 0) is 92.0 Å². The van der Waals surface area contributed by atoms with Crippen LogP contribution in [0, 0.1) is 20.8 Å². The van der Waals surface area contributed by atoms with Gasteiger partial charge in [0.2, 0.25) is 0 Å². The summed E-state index contributed by atoms with van der Waals surface area (Å²) in [6, 6.07) is 6.97. The van der Waals surface area contributed by atoms with Crippen LogP contribution in [0.15, 0.2) is 30.3 Å². The summed E-state index contributed by atoms with van der Waals surface area (Å²) in [5.74, 6) is -3.05. The lowest BCUT2D eigenvalue weighted by Crippen LogP contribution is -2.18. The summed E-state index contributed by atoms with van der Waals surface area (Å²) in [6.07, 6.45) is 0. The number of rotatable bonds is 7. The third kappa shape index (κ3) is 7.24. The molecule has 1 N–H and O–H groups in total. The first-order valence-electron chi connectivity index (χ1n) is 7.62. The number of esters is 2. The van der Waals surface area contributed by atoms with Crippen molar-refractivity contribution < 1.29 is 37.0 Å². The zero-order chi connectivity index (χ0) is 22.6. The molecule has 0 spiro atoms. The van der Waals surface area contributed by atoms with E-state index < -0.39 is 45.0 Å². The first-order valence-corrected chi connectivity index (χ1v) is 12.5. The first-order chi connectivity index (χ1) is 13.9. The number of hydrogen-bond acceptors (Lipinski definition) is 8. The quantitative estimate of drug-likeness (QED) is 0.111. The van der Waals surface area contributed by atoms with E-state index in [2.05, 4.69) is 27.3 Å². The van der Waals surface area contributed by atoms with Gasteiger partial charge in [0.25, 0.3) is 15.8 Å². The standard InChI is InChI=1S/C16H10I3NO9S/c17-10-4-11(18)15(12(19)5-10)29-16(22)8-1-2-13(20(23)24)9(3-8)6-28-14(21)7-30(25,26)27/h1-5H,6-7H2,(H,25,26,27). The maximum atomic E-state index is 12.5. The predicted octanol–water partition coefficient (Wildman–Crippen LogP) is 3.56. The Morgan fingerprint density at radius 3 is 2.23 bits per heavy atom. The molecule has 10 nitrogen and oxygen atoms in total. The highest BCUT2D eigenvalue weighted by Crippen LogP contribution is 2.30. The van der Waals surface area contributed by atoms with Crippen LogP contribution < -0.4 is 4.74 Å². The lowest BCUT2D eigenvalue weighted by Gasteiger charge is -2.11. The Morgan fingerprint density at radius 1 is 1.10 bits per heavy atom. The van der Waals surface area contributed by atoms with Crippen molar-refractivity contribution in [2.45, 2.75) is 6.61 Å². The second kappa shape index (κ2) is 10.5. The number of halogens is 3. The van der Waals surface area contributed by atoms with Gasteiger partial charge in [-0.2, -0.15) is 8.42 Å². The van der Waals surface area contributed by atoms with Crippen LogP contribution in [0.4, 0.5) is 5.69 Å². The van der Waals surface area contributed by atoms with Crippen LogP contribution in [-0.4, -0.2) is 35.6 Å². The summed E-state index contributed by atoms with van der Waals surface area (Å²) in [5, 5.41) is 11.2. The molecular formula is C16H10I3NO9S. The fraction of sp³-hybridized carbons (Fsp3) is 0.125. The lowest BCUT2D eigenvalue weighted by atomic mass is 10.1. The Labute approximate surface area is 211 Å². The molecule has 0 bridgehead atoms. The van der Waals surface area contributed by atoms with Crippen molar-refractivity contribution in [3.63, 3.8) is 0 Å². The minimum Gasteiger partial charge on any atom is -0.460 e. The number of carbonyl (C=O) groups is 2. The number of nitro benzene ring substituents is 1. The van der Waals surface area contributed by atoms with E-state index in [9.17, 15) is 28.1 Å². The van der Waals surface area contributed by atoms with Crippen LogP contribution >= 0.6 is 67.8 Å². The predicted molar refractivity (Wildman–Crippen MR) is 129 cm³/mol. The second-order valence-electron chi connectivity index (χ2n) is 5.58. The number of carbonyl (C=O) groups excluding carboxylic acids is 2. The molecule has 0 aliphatic rings. The van der Waals surface area contributed by atoms with Crippen molar-refractivity contribution >= 4 is 95.5 Å². The fourth-order valence-corrected chi connectivity index (χ4v) is 6.32. The molecule has 0 heterocycles. The molecule has 0 aliphatic heterocycles. The zero-order valence-electron chi connectivity index (χ0n) is 14.5. The normalized spacial score (nSPS) is 11.1. The van der Waals surface area contributed by atoms with Crippen LogP contribution in [0.25, 0.3) is 0 Å². The second-order valence-corrected chi connectivity index (χ2v) is 10.6. The maximum Gasteiger partial charge on any atom is 0.343 e. The first kappa shape index (κ1) is 25.1. The van der Waals surface area contributed by atoms with Crippen LogP contribution in [0.3, 0.4) is 0 Å². The van der Waals surface area contributed by atoms with Gasteiger partial charge in [0.05, 0.1) is 23.2 Å². The van der Waals surface area contributed by atoms with Crippen molar-refractivity contribution in [2.24, 2.45) is 0 Å². The van der Waals surface area contributed by atoms with Crippen molar-refractivity contribution in [2.75, 3.05) is 5.75 Å². The van der Waals surface area contributed by atoms with Crippen LogP contribution in [0.2, 0.25) is 0 Å². The van der Waals surface area contributed by atoms with Gasteiger partial charge in [-0.15, -0.1) is 0 Å². The number of nitro groups is 1. The van der Waals surface area contributed by atoms with Crippen molar-refractivity contribution in [3.8, 4) is 5.75 Å². The van der Waals surface area contributed by atoms with Crippen molar-refractivity contribution in [3.05, 3.63) is 62.3 Å². The topological polar surface area (TPSA) is 150 Å². The SMILES string of the molecule is O=C(CS(=O)(=O)O)OCc1cc(C(=O)Oc2c(I)cc(I)cc2I)ccc1[N+](=O)[O-]. The summed E-state index contributed by atoms with van der Waals surface area (Å²) < 4.78 is 42.5. The molecule has 2 aromatic rings. The molecule has 2 aromatic carbocycles. The van der Waals surface area contributed by atoms with Crippen molar-refractivity contribution in [1.29, 1.82) is 0 Å². The third-order valence-corrected chi connectivity index (χ3v) is 6.18. The zero-order valence-corrected chi connectivity index (χ0v) is 21.8. The van der Waals surface area contributed by atoms with Crippen molar-refractivity contribution in [1.82, 2.24) is 0 Å². The summed E-state index contributed by atoms with van der Waals surface area (Å²) in [6.45, 7) is -0.676. The molecule has 0 atom stereocenters. The summed E-state index contributed by atoms with van der Waals surface area (Å²) in [4.78, 5) is 34.4. The highest BCUT2D eigenvalue weighted by molar-refractivity contribution is 14.1. The summed E-state index contributed by atoms with van der Waals surface area (Å²) in [7, 11) is -4.61. The van der Waals surface area contributed by atoms with E-state index in [1.807, 2.05) is 57.3 Å². The van der Waals surface area contributed by atoms with Gasteiger partial charge in [0.1, 0.15) is 6.61 Å². The Balaban J connectivity index is 2.27. The fourth-order valence-electron chi connectivity index (χ4n) is 2.13. The number of hydrogen-bond donors (Lipinski definition) is 1. The van der Waals surface area contributed by atoms with Gasteiger partial charge in [-0.1, -0.05) is 0 Å². The molecule has 0 saturated heterocycles. The van der Waals surface area contributed by atoms with Gasteiger partial charge < -0.3 is 9.47 Å². The van der Waals surface area contributed by atoms with Crippen LogP contribution in [0.5, 0.6) is 5.75 Å². The molecule has 14 heteroatoms. The van der Waals surface area contributed by atoms with E-state index in [4.69, 9.17) is 9.29 Å². The molecular weight excluding hydrogens is 763 g/mol. The average Bonchev–Trinajstić information content (AvgIpc) is 2.61. The number of nitrogens with zero attached hydrogens (tertiary/aromatic N) is 1. The Kier molecular flexibility index (Phi) is 8.77. The molecule has 0 unspecified atom stereocenters. The molecule has 0 radical (unpaired) electrons. The number of benzene rings is 2. The van der Waals surface area contributed by atoms with E-state index in [1.165, 1.54) is 6.07 Å². The van der Waals surface area contributed by atoms with Crippen LogP contribution in [0.1, 0.15) is 15.9 Å². The smallest absolute Gasteiger partial charge is 0.343 e. The van der Waals surface area contributed by atoms with Gasteiger partial charge in [0.15, 0.2) is 11.5 Å². The molecule has 0 amide bonds. The lowest BCUT2D eigenvalue weighted by molar-refractivity contribution is -0.385. The molecule has 160 valence electrons. The Hall–Kier alpha value is -1.12. The summed E-state index contributed by atoms with van der Waals surface area (Å²) >= 11 is 6.15. The van der Waals surface area contributed by atoms with E-state index in [-0.39, 0.29) is 11.1 Å². The van der Waals surface area contributed by atoms with E-state index in [1.54, 1.807) is 0 Å². The molecule has 30 heavy (non-hydrogen) atoms. The monoisotopic (exact) mass is 773 g/mol. The Morgan fingerprint density at radius 2 is 1.70 bits per heavy atom. The highest BCUT2D eigenvalue weighted by atomic mass is 127. The largest absolute Gasteiger partial charge is 0.460 e. The minimum absolute atomic E-state index is 0.0356. The van der Waals surface area contributed by atoms with Gasteiger partial charge >= 0.3 is 11.9 Å². The summed E-state index contributed by atoms with van der Waals surface area (Å²) in [5.41, 5.74) is -0.624. The highest BCUT2D eigenvalue weighted by Gasteiger charge is 2.22. The van der Waals surface area contributed by atoms with E-state index in [0.717, 1.165) is 15.7 Å². The van der Waals surface area contributed by atoms with Gasteiger partial charge in [-0.25, -0.2) is 4.79 Å². The molecule has 0 fully saturated rings. The van der Waals surface area contributed by atoms with Crippen LogP contribution in [-0.2, 0) is 26.3 Å². The third-order valence-electron chi connectivity index (χ3n) is 3.36. The average molecular weight is 773 g/mol. The number of ether oxygens (including phenoxy) is 2. The van der Waals surface area contributed by atoms with E-state index in [0.29, 0.717) is 12.9 Å². The van der Waals surface area contributed by atoms with Gasteiger partial charge in [0, 0.05) is 9.64 Å². The minimum atomic E-state index is -4.61. The molecule has 0 aromatic heterocycles. The molecule has 0 aliphatic carbocycles. The molecule has 0 saturated carbocycles. The maximum absolute atomic E-state index is 12.5. The molecule has 2 rings (SSSR count). The van der Waals surface area contributed by atoms with E-state index >= 15 is 0 Å². The van der Waals surface area contributed by atoms with Gasteiger partial charge in [-0.3, -0.25) is 19.5 Å².